The van der Waals surface area contributed by atoms with Crippen molar-refractivity contribution >= 4 is 11.9 Å². The number of benzene rings is 4. The first kappa shape index (κ1) is 36.3. The van der Waals surface area contributed by atoms with E-state index in [1.165, 1.54) is 5.56 Å². The molecule has 0 saturated heterocycles. The Morgan fingerprint density at radius 3 is 1.58 bits per heavy atom. The highest BCUT2D eigenvalue weighted by Crippen LogP contribution is 2.34. The van der Waals surface area contributed by atoms with Crippen molar-refractivity contribution in [1.82, 2.24) is 0 Å². The van der Waals surface area contributed by atoms with Crippen LogP contribution in [0.5, 0.6) is 28.7 Å². The van der Waals surface area contributed by atoms with Gasteiger partial charge in [0.05, 0.1) is 11.0 Å². The minimum atomic E-state index is -0.507. The predicted molar refractivity (Wildman–Crippen MR) is 192 cm³/mol. The monoisotopic (exact) mass is 650 g/mol. The average molecular weight is 651 g/mol. The second-order valence-corrected chi connectivity index (χ2v) is 13.2. The van der Waals surface area contributed by atoms with Gasteiger partial charge >= 0.3 is 11.9 Å². The molecule has 6 nitrogen and oxygen atoms in total. The van der Waals surface area contributed by atoms with Crippen molar-refractivity contribution in [3.05, 3.63) is 113 Å². The molecule has 0 aromatic heterocycles. The van der Waals surface area contributed by atoms with Gasteiger partial charge in [0, 0.05) is 5.92 Å². The number of carbonyl (C=O) groups excluding carboxylic acids is 2. The first-order valence-electron chi connectivity index (χ1n) is 17.1. The normalized spacial score (nSPS) is 12.3. The standard InChI is InChI=1S/C42H50O6/c1-10-41(8,11-2)40(44)46-36-22-20-35(21-23-36)45-34-18-14-31(15-19-34)39(43)47-37-24-16-32(26-28(37)5)30(7)33-17-25-38(29(6)27-33)48-42(9,12-3)13-4/h14-27,30H,10-13H2,1-9H3. The summed E-state index contributed by atoms with van der Waals surface area (Å²) < 4.78 is 23.7. The molecule has 0 N–H and O–H groups in total. The van der Waals surface area contributed by atoms with Crippen LogP contribution >= 0.6 is 0 Å². The van der Waals surface area contributed by atoms with Crippen LogP contribution in [0.2, 0.25) is 0 Å². The molecule has 0 spiro atoms. The Morgan fingerprint density at radius 1 is 0.625 bits per heavy atom. The Bertz CT molecular complexity index is 1700. The molecular weight excluding hydrogens is 600 g/mol. The smallest absolute Gasteiger partial charge is 0.343 e. The van der Waals surface area contributed by atoms with Gasteiger partial charge in [0.1, 0.15) is 34.3 Å². The Kier molecular flexibility index (Phi) is 11.7. The molecule has 4 rings (SSSR count). The van der Waals surface area contributed by atoms with E-state index in [4.69, 9.17) is 18.9 Å². The summed E-state index contributed by atoms with van der Waals surface area (Å²) in [6, 6.07) is 26.1. The summed E-state index contributed by atoms with van der Waals surface area (Å²) in [5.41, 5.74) is 4.08. The van der Waals surface area contributed by atoms with E-state index < -0.39 is 11.4 Å². The maximum absolute atomic E-state index is 13.0. The lowest BCUT2D eigenvalue weighted by molar-refractivity contribution is -0.145. The summed E-state index contributed by atoms with van der Waals surface area (Å²) in [5, 5.41) is 0. The third kappa shape index (κ3) is 8.66. The average Bonchev–Trinajstić information content (AvgIpc) is 3.10. The third-order valence-corrected chi connectivity index (χ3v) is 9.87. The second kappa shape index (κ2) is 15.5. The van der Waals surface area contributed by atoms with Crippen LogP contribution in [0.25, 0.3) is 0 Å². The molecule has 0 aliphatic rings. The summed E-state index contributed by atoms with van der Waals surface area (Å²) in [7, 11) is 0. The quantitative estimate of drug-likeness (QED) is 0.0999. The Balaban J connectivity index is 1.36. The number of esters is 2. The molecule has 0 amide bonds. The summed E-state index contributed by atoms with van der Waals surface area (Å²) in [4.78, 5) is 25.6. The van der Waals surface area contributed by atoms with Gasteiger partial charge < -0.3 is 18.9 Å². The number of aryl methyl sites for hydroxylation is 2. The molecular formula is C42H50O6. The van der Waals surface area contributed by atoms with Gasteiger partial charge in [-0.15, -0.1) is 0 Å². The largest absolute Gasteiger partial charge is 0.487 e. The van der Waals surface area contributed by atoms with Crippen molar-refractivity contribution in [3.8, 4) is 28.7 Å². The molecule has 0 radical (unpaired) electrons. The minimum Gasteiger partial charge on any atom is -0.487 e. The predicted octanol–water partition coefficient (Wildman–Crippen LogP) is 11.2. The van der Waals surface area contributed by atoms with E-state index in [1.54, 1.807) is 48.5 Å². The molecule has 0 fully saturated rings. The molecule has 0 saturated carbocycles. The van der Waals surface area contributed by atoms with Crippen LogP contribution in [0.3, 0.4) is 0 Å². The molecule has 254 valence electrons. The zero-order valence-corrected chi connectivity index (χ0v) is 29.9. The minimum absolute atomic E-state index is 0.154. The number of carbonyl (C=O) groups is 2. The first-order valence-corrected chi connectivity index (χ1v) is 17.1. The summed E-state index contributed by atoms with van der Waals surface area (Å²) in [6.45, 7) is 18.6. The molecule has 1 atom stereocenters. The lowest BCUT2D eigenvalue weighted by atomic mass is 9.85. The molecule has 6 heteroatoms. The van der Waals surface area contributed by atoms with Crippen LogP contribution in [-0.2, 0) is 4.79 Å². The van der Waals surface area contributed by atoms with Crippen LogP contribution in [0.4, 0.5) is 0 Å². The van der Waals surface area contributed by atoms with Crippen molar-refractivity contribution in [1.29, 1.82) is 0 Å². The highest BCUT2D eigenvalue weighted by atomic mass is 16.5. The maximum Gasteiger partial charge on any atom is 0.343 e. The van der Waals surface area contributed by atoms with Crippen LogP contribution < -0.4 is 18.9 Å². The maximum atomic E-state index is 13.0. The molecule has 4 aromatic carbocycles. The highest BCUT2D eigenvalue weighted by Gasteiger charge is 2.31. The van der Waals surface area contributed by atoms with Gasteiger partial charge in [0.2, 0.25) is 0 Å². The van der Waals surface area contributed by atoms with E-state index in [9.17, 15) is 9.59 Å². The summed E-state index contributed by atoms with van der Waals surface area (Å²) >= 11 is 0. The first-order chi connectivity index (χ1) is 22.8. The highest BCUT2D eigenvalue weighted by molar-refractivity contribution is 5.91. The van der Waals surface area contributed by atoms with Gasteiger partial charge in [-0.3, -0.25) is 4.79 Å². The van der Waals surface area contributed by atoms with Gasteiger partial charge in [0.15, 0.2) is 0 Å². The topological polar surface area (TPSA) is 71.1 Å². The Morgan fingerprint density at radius 2 is 1.10 bits per heavy atom. The molecule has 48 heavy (non-hydrogen) atoms. The molecule has 0 aliphatic heterocycles. The van der Waals surface area contributed by atoms with Crippen LogP contribution in [0.1, 0.15) is 113 Å². The molecule has 0 bridgehead atoms. The zero-order valence-electron chi connectivity index (χ0n) is 29.9. The second-order valence-electron chi connectivity index (χ2n) is 13.2. The molecule has 4 aromatic rings. The SMILES string of the molecule is CCC(C)(CC)Oc1ccc(C(C)c2ccc(OC(=O)c3ccc(Oc4ccc(OC(=O)C(C)(CC)CC)cc4)cc3)c(C)c2)cc1C. The van der Waals surface area contributed by atoms with E-state index >= 15 is 0 Å². The lowest BCUT2D eigenvalue weighted by Gasteiger charge is -2.29. The van der Waals surface area contributed by atoms with E-state index in [0.29, 0.717) is 41.4 Å². The van der Waals surface area contributed by atoms with E-state index in [2.05, 4.69) is 58.9 Å². The summed E-state index contributed by atoms with van der Waals surface area (Å²) in [6.07, 6.45) is 3.32. The van der Waals surface area contributed by atoms with Gasteiger partial charge in [-0.2, -0.15) is 0 Å². The fourth-order valence-corrected chi connectivity index (χ4v) is 5.26. The van der Waals surface area contributed by atoms with Crippen LogP contribution in [0, 0.1) is 19.3 Å². The number of ether oxygens (including phenoxy) is 4. The van der Waals surface area contributed by atoms with E-state index in [0.717, 1.165) is 35.3 Å². The third-order valence-electron chi connectivity index (χ3n) is 9.87. The van der Waals surface area contributed by atoms with E-state index in [1.807, 2.05) is 39.8 Å². The summed E-state index contributed by atoms with van der Waals surface area (Å²) in [5.74, 6) is 2.54. The Hall–Kier alpha value is -4.58. The number of hydrogen-bond acceptors (Lipinski definition) is 6. The van der Waals surface area contributed by atoms with E-state index in [-0.39, 0.29) is 17.5 Å². The van der Waals surface area contributed by atoms with Crippen LogP contribution in [0.15, 0.2) is 84.9 Å². The molecule has 0 heterocycles. The number of rotatable bonds is 14. The van der Waals surface area contributed by atoms with Gasteiger partial charge in [0.25, 0.3) is 0 Å². The van der Waals surface area contributed by atoms with Gasteiger partial charge in [-0.1, -0.05) is 58.9 Å². The van der Waals surface area contributed by atoms with Crippen molar-refractivity contribution in [2.75, 3.05) is 0 Å². The number of hydrogen-bond donors (Lipinski definition) is 0. The van der Waals surface area contributed by atoms with Crippen molar-refractivity contribution in [2.24, 2.45) is 5.41 Å². The Labute approximate surface area is 286 Å². The lowest BCUT2D eigenvalue weighted by Crippen LogP contribution is -2.30. The van der Waals surface area contributed by atoms with Crippen molar-refractivity contribution < 1.29 is 28.5 Å². The fraction of sp³-hybridized carbons (Fsp3) is 0.381. The molecule has 1 unspecified atom stereocenters. The zero-order chi connectivity index (χ0) is 35.1. The van der Waals surface area contributed by atoms with Gasteiger partial charge in [-0.25, -0.2) is 4.79 Å². The van der Waals surface area contributed by atoms with Gasteiger partial charge in [-0.05, 0) is 136 Å². The van der Waals surface area contributed by atoms with Crippen molar-refractivity contribution in [2.45, 2.75) is 99.5 Å². The van der Waals surface area contributed by atoms with Crippen LogP contribution in [-0.4, -0.2) is 17.5 Å². The molecule has 0 aliphatic carbocycles. The fourth-order valence-electron chi connectivity index (χ4n) is 5.26. The van der Waals surface area contributed by atoms with Crippen molar-refractivity contribution in [3.63, 3.8) is 0 Å².